The van der Waals surface area contributed by atoms with Crippen LogP contribution in [0.5, 0.6) is 6.01 Å². The Morgan fingerprint density at radius 2 is 1.40 bits per heavy atom. The van der Waals surface area contributed by atoms with Gasteiger partial charge < -0.3 is 24.8 Å². The fourth-order valence-electron chi connectivity index (χ4n) is 3.34. The van der Waals surface area contributed by atoms with Crippen molar-refractivity contribution in [3.63, 3.8) is 0 Å². The summed E-state index contributed by atoms with van der Waals surface area (Å²) in [6.45, 7) is -0.840. The summed E-state index contributed by atoms with van der Waals surface area (Å²) in [4.78, 5) is 20.5. The molecule has 0 amide bonds. The number of aliphatic hydroxyl groups excluding tert-OH is 2. The zero-order valence-corrected chi connectivity index (χ0v) is 16.3. The van der Waals surface area contributed by atoms with Gasteiger partial charge in [-0.3, -0.25) is 0 Å². The number of methoxy groups -OCH3 is 1. The molecule has 1 atom stereocenters. The number of nitrogens with zero attached hydrogens (tertiary/aromatic N) is 2. The van der Waals surface area contributed by atoms with E-state index in [9.17, 15) is 20.1 Å². The first-order valence-corrected chi connectivity index (χ1v) is 9.19. The molecule has 0 unspecified atom stereocenters. The summed E-state index contributed by atoms with van der Waals surface area (Å²) in [6.07, 6.45) is -1.58. The van der Waals surface area contributed by atoms with Gasteiger partial charge in [0, 0.05) is 7.11 Å². The maximum atomic E-state index is 12.4. The largest absolute Gasteiger partial charge is 0.478 e. The molecule has 0 aliphatic heterocycles. The Bertz CT molecular complexity index is 920. The normalized spacial score (nSPS) is 12.4. The van der Waals surface area contributed by atoms with Crippen LogP contribution in [0.2, 0.25) is 0 Å². The Kier molecular flexibility index (Phi) is 6.73. The molecule has 0 fully saturated rings. The number of hydrogen-bond donors (Lipinski definition) is 3. The predicted octanol–water partition coefficient (Wildman–Crippen LogP) is 1.88. The summed E-state index contributed by atoms with van der Waals surface area (Å²) < 4.78 is 11.6. The lowest BCUT2D eigenvalue weighted by molar-refractivity contribution is -0.160. The van der Waals surface area contributed by atoms with Gasteiger partial charge in [0.05, 0.1) is 24.6 Å². The molecule has 3 rings (SSSR count). The zero-order chi connectivity index (χ0) is 21.6. The molecule has 156 valence electrons. The highest BCUT2D eigenvalue weighted by Gasteiger charge is 2.49. The lowest BCUT2D eigenvalue weighted by Crippen LogP contribution is -2.50. The van der Waals surface area contributed by atoms with Crippen molar-refractivity contribution in [2.75, 3.05) is 7.11 Å². The van der Waals surface area contributed by atoms with Gasteiger partial charge >= 0.3 is 12.0 Å². The molecule has 2 aromatic carbocycles. The molecule has 30 heavy (non-hydrogen) atoms. The molecule has 3 N–H and O–H groups in total. The minimum absolute atomic E-state index is 0.190. The molecule has 1 aromatic heterocycles. The van der Waals surface area contributed by atoms with Crippen LogP contribution in [0.3, 0.4) is 0 Å². The van der Waals surface area contributed by atoms with Crippen LogP contribution < -0.4 is 4.74 Å². The molecule has 8 heteroatoms. The zero-order valence-electron chi connectivity index (χ0n) is 16.3. The summed E-state index contributed by atoms with van der Waals surface area (Å²) in [5.74, 6) is -1.30. The van der Waals surface area contributed by atoms with Crippen LogP contribution in [0.1, 0.15) is 22.5 Å². The van der Waals surface area contributed by atoms with Crippen molar-refractivity contribution >= 4 is 5.97 Å². The molecular weight excluding hydrogens is 388 g/mol. The number of hydrogen-bond acceptors (Lipinski definition) is 7. The molecule has 8 nitrogen and oxygen atoms in total. The van der Waals surface area contributed by atoms with Crippen molar-refractivity contribution in [1.29, 1.82) is 0 Å². The summed E-state index contributed by atoms with van der Waals surface area (Å²) in [7, 11) is 1.41. The highest BCUT2D eigenvalue weighted by Crippen LogP contribution is 2.38. The predicted molar refractivity (Wildman–Crippen MR) is 107 cm³/mol. The number of ether oxygens (including phenoxy) is 2. The van der Waals surface area contributed by atoms with Crippen LogP contribution in [0.15, 0.2) is 66.7 Å². The van der Waals surface area contributed by atoms with Crippen molar-refractivity contribution < 1.29 is 29.6 Å². The molecule has 3 aromatic rings. The van der Waals surface area contributed by atoms with Crippen molar-refractivity contribution in [3.8, 4) is 6.01 Å². The van der Waals surface area contributed by atoms with E-state index in [1.807, 2.05) is 12.1 Å². The van der Waals surface area contributed by atoms with E-state index in [1.165, 1.54) is 13.2 Å². The fourth-order valence-corrected chi connectivity index (χ4v) is 3.34. The Labute approximate surface area is 173 Å². The van der Waals surface area contributed by atoms with E-state index in [-0.39, 0.29) is 17.4 Å². The number of benzene rings is 2. The molecule has 0 saturated carbocycles. The van der Waals surface area contributed by atoms with Gasteiger partial charge in [0.15, 0.2) is 5.60 Å². The van der Waals surface area contributed by atoms with E-state index in [1.54, 1.807) is 48.5 Å². The van der Waals surface area contributed by atoms with E-state index in [2.05, 4.69) is 9.97 Å². The number of aliphatic hydroxyl groups is 2. The molecule has 1 heterocycles. The SMILES string of the molecule is COC(c1ccccc1)(c1ccccc1)[C@H](Oc1nc(CO)cc(CO)n1)C(=O)O. The van der Waals surface area contributed by atoms with Crippen molar-refractivity contribution in [2.45, 2.75) is 24.9 Å². The van der Waals surface area contributed by atoms with Crippen molar-refractivity contribution in [3.05, 3.63) is 89.2 Å². The third-order valence-corrected chi connectivity index (χ3v) is 4.68. The van der Waals surface area contributed by atoms with Gasteiger partial charge in [-0.25, -0.2) is 4.79 Å². The van der Waals surface area contributed by atoms with Crippen LogP contribution >= 0.6 is 0 Å². The van der Waals surface area contributed by atoms with Gasteiger partial charge in [0.1, 0.15) is 0 Å². The number of carbonyl (C=O) groups is 1. The van der Waals surface area contributed by atoms with Gasteiger partial charge in [-0.2, -0.15) is 9.97 Å². The molecule has 0 saturated heterocycles. The number of aromatic nitrogens is 2. The molecule has 0 bridgehead atoms. The third-order valence-electron chi connectivity index (χ3n) is 4.68. The highest BCUT2D eigenvalue weighted by atomic mass is 16.6. The first kappa shape index (κ1) is 21.4. The summed E-state index contributed by atoms with van der Waals surface area (Å²) in [6, 6.07) is 18.8. The van der Waals surface area contributed by atoms with Crippen molar-refractivity contribution in [2.24, 2.45) is 0 Å². The number of aliphatic carboxylic acids is 1. The summed E-state index contributed by atoms with van der Waals surface area (Å²) in [5.41, 5.74) is -0.0170. The lowest BCUT2D eigenvalue weighted by atomic mass is 9.81. The van der Waals surface area contributed by atoms with Crippen LogP contribution in [-0.4, -0.2) is 44.5 Å². The van der Waals surface area contributed by atoms with Gasteiger partial charge in [-0.15, -0.1) is 0 Å². The molecule has 0 spiro atoms. The molecule has 0 aliphatic carbocycles. The Balaban J connectivity index is 2.18. The van der Waals surface area contributed by atoms with Crippen LogP contribution in [0.4, 0.5) is 0 Å². The second-order valence-corrected chi connectivity index (χ2v) is 6.46. The molecular formula is C22H22N2O6. The summed E-state index contributed by atoms with van der Waals surface area (Å²) in [5, 5.41) is 29.0. The van der Waals surface area contributed by atoms with Crippen LogP contribution in [0.25, 0.3) is 0 Å². The summed E-state index contributed by atoms with van der Waals surface area (Å²) >= 11 is 0. The number of carboxylic acid groups (broad SMARTS) is 1. The fraction of sp³-hybridized carbons (Fsp3) is 0.227. The maximum absolute atomic E-state index is 12.4. The number of carboxylic acids is 1. The highest BCUT2D eigenvalue weighted by molar-refractivity contribution is 5.76. The standard InChI is InChI=1S/C22H22N2O6/c1-29-22(15-8-4-2-5-9-15,16-10-6-3-7-11-16)19(20(27)28)30-21-23-17(13-25)12-18(14-26)24-21/h2-12,19,25-26H,13-14H2,1H3,(H,27,28)/t19-/m1/s1. The molecule has 0 aliphatic rings. The topological polar surface area (TPSA) is 122 Å². The van der Waals surface area contributed by atoms with E-state index in [4.69, 9.17) is 9.47 Å². The average Bonchev–Trinajstić information content (AvgIpc) is 2.80. The minimum atomic E-state index is -1.58. The lowest BCUT2D eigenvalue weighted by Gasteiger charge is -2.37. The molecule has 0 radical (unpaired) electrons. The van der Waals surface area contributed by atoms with E-state index >= 15 is 0 Å². The van der Waals surface area contributed by atoms with Gasteiger partial charge in [0.25, 0.3) is 0 Å². The van der Waals surface area contributed by atoms with E-state index in [0.29, 0.717) is 11.1 Å². The van der Waals surface area contributed by atoms with Gasteiger partial charge in [-0.1, -0.05) is 60.7 Å². The monoisotopic (exact) mass is 410 g/mol. The Morgan fingerprint density at radius 1 is 0.933 bits per heavy atom. The minimum Gasteiger partial charge on any atom is -0.478 e. The van der Waals surface area contributed by atoms with E-state index in [0.717, 1.165) is 0 Å². The first-order valence-electron chi connectivity index (χ1n) is 9.19. The van der Waals surface area contributed by atoms with Crippen molar-refractivity contribution in [1.82, 2.24) is 9.97 Å². The quantitative estimate of drug-likeness (QED) is 0.489. The first-order chi connectivity index (χ1) is 14.5. The average molecular weight is 410 g/mol. The Hall–Kier alpha value is -3.33. The Morgan fingerprint density at radius 3 is 1.77 bits per heavy atom. The smallest absolute Gasteiger partial charge is 0.348 e. The third kappa shape index (κ3) is 4.16. The second kappa shape index (κ2) is 9.45. The maximum Gasteiger partial charge on any atom is 0.348 e. The number of rotatable bonds is 9. The second-order valence-electron chi connectivity index (χ2n) is 6.46. The van der Waals surface area contributed by atoms with Crippen LogP contribution in [-0.2, 0) is 28.3 Å². The van der Waals surface area contributed by atoms with Gasteiger partial charge in [0.2, 0.25) is 6.10 Å². The van der Waals surface area contributed by atoms with Gasteiger partial charge in [-0.05, 0) is 17.2 Å². The van der Waals surface area contributed by atoms with E-state index < -0.39 is 30.9 Å². The van der Waals surface area contributed by atoms with Crippen LogP contribution in [0, 0.1) is 0 Å².